The van der Waals surface area contributed by atoms with Crippen molar-refractivity contribution in [1.82, 2.24) is 5.32 Å². The van der Waals surface area contributed by atoms with Gasteiger partial charge in [-0.3, -0.25) is 0 Å². The van der Waals surface area contributed by atoms with Crippen molar-refractivity contribution in [2.75, 3.05) is 13.2 Å². The average Bonchev–Trinajstić information content (AvgIpc) is 2.74. The molecule has 0 aromatic heterocycles. The minimum atomic E-state index is -2.45. The monoisotopic (exact) mass is 425 g/mol. The summed E-state index contributed by atoms with van der Waals surface area (Å²) in [6, 6.07) is -1.33. The van der Waals surface area contributed by atoms with Gasteiger partial charge in [0, 0.05) is 0 Å². The molecule has 0 amide bonds. The Balaban J connectivity index is 5.33. The number of nitrogens with one attached hydrogen (secondary N) is 1. The molecule has 0 fully saturated rings. The second-order valence-electron chi connectivity index (χ2n) is 6.52. The van der Waals surface area contributed by atoms with Crippen molar-refractivity contribution in [2.24, 2.45) is 0 Å². The molecule has 0 saturated carbocycles. The zero-order chi connectivity index (χ0) is 22.6. The summed E-state index contributed by atoms with van der Waals surface area (Å²) >= 11 is 0. The van der Waals surface area contributed by atoms with Crippen LogP contribution in [-0.4, -0.2) is 116 Å². The molecule has 12 heteroatoms. The van der Waals surface area contributed by atoms with Crippen molar-refractivity contribution in [3.8, 4) is 0 Å². The minimum absolute atomic E-state index is 0.126. The Morgan fingerprint density at radius 2 is 1.59 bits per heavy atom. The van der Waals surface area contributed by atoms with Gasteiger partial charge in [0.15, 0.2) is 18.5 Å². The van der Waals surface area contributed by atoms with Crippen molar-refractivity contribution in [3.63, 3.8) is 0 Å². The summed E-state index contributed by atoms with van der Waals surface area (Å²) in [7, 11) is 0. The second kappa shape index (κ2) is 14.5. The Morgan fingerprint density at radius 3 is 2.07 bits per heavy atom. The maximum atomic E-state index is 12.1. The van der Waals surface area contributed by atoms with Crippen LogP contribution in [0.5, 0.6) is 0 Å². The maximum Gasteiger partial charge on any atom is 0.338 e. The first-order valence-corrected chi connectivity index (χ1v) is 9.19. The Labute approximate surface area is 167 Å². The fourth-order valence-corrected chi connectivity index (χ4v) is 2.38. The van der Waals surface area contributed by atoms with E-state index in [9.17, 15) is 45.0 Å². The lowest BCUT2D eigenvalue weighted by Crippen LogP contribution is -2.56. The van der Waals surface area contributed by atoms with Crippen LogP contribution in [-0.2, 0) is 19.1 Å². The molecule has 0 spiro atoms. The summed E-state index contributed by atoms with van der Waals surface area (Å²) in [5, 5.41) is 69.7. The topological polar surface area (TPSA) is 214 Å². The molecule has 8 N–H and O–H groups in total. The lowest BCUT2D eigenvalue weighted by molar-refractivity contribution is -0.185. The van der Waals surface area contributed by atoms with Gasteiger partial charge in [-0.1, -0.05) is 19.8 Å². The molecule has 0 aliphatic heterocycles. The molecule has 0 aromatic rings. The van der Waals surface area contributed by atoms with E-state index in [2.05, 4.69) is 5.32 Å². The number of carbonyl (C=O) groups excluding carboxylic acids is 3. The van der Waals surface area contributed by atoms with Gasteiger partial charge >= 0.3 is 5.97 Å². The Hall–Kier alpha value is -1.51. The number of unbranched alkanes of at least 4 members (excludes halogenated alkanes) is 2. The molecule has 0 aliphatic carbocycles. The van der Waals surface area contributed by atoms with Crippen LogP contribution in [0.3, 0.4) is 0 Å². The normalized spacial score (nSPS) is 19.9. The van der Waals surface area contributed by atoms with E-state index in [1.54, 1.807) is 0 Å². The van der Waals surface area contributed by atoms with Crippen molar-refractivity contribution in [1.29, 1.82) is 0 Å². The van der Waals surface area contributed by atoms with Gasteiger partial charge in [0.1, 0.15) is 42.8 Å². The molecule has 0 heterocycles. The van der Waals surface area contributed by atoms with Crippen molar-refractivity contribution in [2.45, 2.75) is 75.0 Å². The summed E-state index contributed by atoms with van der Waals surface area (Å²) in [5.41, 5.74) is 0. The van der Waals surface area contributed by atoms with E-state index in [4.69, 9.17) is 9.84 Å². The first-order valence-electron chi connectivity index (χ1n) is 9.19. The second-order valence-corrected chi connectivity index (χ2v) is 6.52. The molecule has 0 saturated heterocycles. The van der Waals surface area contributed by atoms with E-state index < -0.39 is 61.3 Å². The predicted molar refractivity (Wildman–Crippen MR) is 96.5 cm³/mol. The quantitative estimate of drug-likeness (QED) is 0.0668. The van der Waals surface area contributed by atoms with E-state index >= 15 is 0 Å². The number of aliphatic hydroxyl groups excluding tert-OH is 7. The maximum absolute atomic E-state index is 12.1. The number of ether oxygens (including phenoxy) is 1. The van der Waals surface area contributed by atoms with Gasteiger partial charge in [-0.05, 0) is 13.0 Å². The van der Waals surface area contributed by atoms with Crippen LogP contribution in [0.25, 0.3) is 0 Å². The highest BCUT2D eigenvalue weighted by Crippen LogP contribution is 2.13. The van der Waals surface area contributed by atoms with Crippen molar-refractivity contribution >= 4 is 18.5 Å². The largest absolute Gasteiger partial charge is 0.455 e. The third-order valence-corrected chi connectivity index (χ3v) is 4.24. The molecular weight excluding hydrogens is 394 g/mol. The minimum Gasteiger partial charge on any atom is -0.455 e. The van der Waals surface area contributed by atoms with Gasteiger partial charge in [0.25, 0.3) is 0 Å². The third kappa shape index (κ3) is 8.80. The first-order chi connectivity index (χ1) is 13.7. The molecular formula is C17H31NO11. The van der Waals surface area contributed by atoms with E-state index in [-0.39, 0.29) is 6.29 Å². The van der Waals surface area contributed by atoms with Crippen LogP contribution < -0.4 is 5.32 Å². The third-order valence-electron chi connectivity index (χ3n) is 4.24. The highest BCUT2D eigenvalue weighted by Gasteiger charge is 2.40. The van der Waals surface area contributed by atoms with Crippen LogP contribution in [0, 0.1) is 0 Å². The zero-order valence-electron chi connectivity index (χ0n) is 16.1. The molecule has 0 bridgehead atoms. The van der Waals surface area contributed by atoms with E-state index in [0.717, 1.165) is 12.8 Å². The van der Waals surface area contributed by atoms with Crippen molar-refractivity contribution in [3.05, 3.63) is 0 Å². The summed E-state index contributed by atoms with van der Waals surface area (Å²) < 4.78 is 4.85. The lowest BCUT2D eigenvalue weighted by Gasteiger charge is -2.32. The number of rotatable bonds is 16. The molecule has 0 aliphatic rings. The van der Waals surface area contributed by atoms with Crippen LogP contribution in [0.2, 0.25) is 0 Å². The van der Waals surface area contributed by atoms with Gasteiger partial charge in [-0.25, -0.2) is 4.79 Å². The number of aldehydes is 2. The van der Waals surface area contributed by atoms with Gasteiger partial charge in [0.2, 0.25) is 0 Å². The number of carbonyl (C=O) groups is 3. The lowest BCUT2D eigenvalue weighted by atomic mass is 10.0. The van der Waals surface area contributed by atoms with Gasteiger partial charge in [-0.2, -0.15) is 0 Å². The number of aliphatic hydroxyl groups is 7. The van der Waals surface area contributed by atoms with Crippen LogP contribution >= 0.6 is 0 Å². The highest BCUT2D eigenvalue weighted by atomic mass is 16.6. The van der Waals surface area contributed by atoms with Crippen LogP contribution in [0.4, 0.5) is 0 Å². The van der Waals surface area contributed by atoms with Crippen LogP contribution in [0.1, 0.15) is 26.2 Å². The Morgan fingerprint density at radius 1 is 0.966 bits per heavy atom. The van der Waals surface area contributed by atoms with Gasteiger partial charge in [-0.15, -0.1) is 0 Å². The fourth-order valence-electron chi connectivity index (χ4n) is 2.38. The molecule has 12 nitrogen and oxygen atoms in total. The summed E-state index contributed by atoms with van der Waals surface area (Å²) in [6.45, 7) is 1.32. The molecule has 0 unspecified atom stereocenters. The van der Waals surface area contributed by atoms with Crippen molar-refractivity contribution < 1.29 is 54.9 Å². The summed E-state index contributed by atoms with van der Waals surface area (Å²) in [6.07, 6.45) is -12.0. The molecule has 29 heavy (non-hydrogen) atoms. The number of esters is 1. The van der Waals surface area contributed by atoms with Crippen LogP contribution in [0.15, 0.2) is 0 Å². The fraction of sp³-hybridized carbons (Fsp3) is 0.824. The number of hydrogen-bond donors (Lipinski definition) is 8. The first kappa shape index (κ1) is 27.5. The zero-order valence-corrected chi connectivity index (χ0v) is 16.1. The SMILES string of the molecule is CCCCCN[C@@H](C=O)[C@@H](OC(=O)[C@@H](O)[C@@H](O)[C@H](O)[C@@H](O)C=O)[C@H](O)[C@H](O)CO. The Bertz CT molecular complexity index is 492. The highest BCUT2D eigenvalue weighted by molar-refractivity contribution is 5.76. The molecule has 0 rings (SSSR count). The number of hydrogen-bond acceptors (Lipinski definition) is 12. The van der Waals surface area contributed by atoms with E-state index in [1.807, 2.05) is 6.92 Å². The smallest absolute Gasteiger partial charge is 0.338 e. The summed E-state index contributed by atoms with van der Waals surface area (Å²) in [5.74, 6) is -1.61. The van der Waals surface area contributed by atoms with E-state index in [1.165, 1.54) is 0 Å². The van der Waals surface area contributed by atoms with Gasteiger partial charge in [0.05, 0.1) is 6.61 Å². The summed E-state index contributed by atoms with van der Waals surface area (Å²) in [4.78, 5) is 34.0. The molecule has 0 radical (unpaired) electrons. The van der Waals surface area contributed by atoms with Gasteiger partial charge < -0.3 is 55.4 Å². The molecule has 8 atom stereocenters. The standard InChI is InChI=1S/C17H31NO11/c1-2-3-4-5-18-9(6-19)16(13(25)11(23)8-21)29-17(28)15(27)14(26)12(24)10(22)7-20/h6-7,9-16,18,21-27H,2-5,8H2,1H3/t9-,10-,11+,12+,13+,14-,15-,16+/m0/s1. The predicted octanol–water partition coefficient (Wildman–Crippen LogP) is -4.40. The Kier molecular flexibility index (Phi) is 13.7. The van der Waals surface area contributed by atoms with E-state index in [0.29, 0.717) is 19.3 Å². The molecule has 0 aromatic carbocycles. The molecule has 170 valence electrons. The average molecular weight is 425 g/mol.